The second-order valence-corrected chi connectivity index (χ2v) is 10.1. The van der Waals surface area contributed by atoms with Crippen molar-refractivity contribution in [2.75, 3.05) is 52.9 Å². The smallest absolute Gasteiger partial charge is 0.243 e. The van der Waals surface area contributed by atoms with Gasteiger partial charge in [-0.15, -0.1) is 0 Å². The molecule has 2 aliphatic heterocycles. The van der Waals surface area contributed by atoms with E-state index in [1.165, 1.54) is 4.31 Å². The van der Waals surface area contributed by atoms with Gasteiger partial charge in [0.15, 0.2) is 0 Å². The van der Waals surface area contributed by atoms with E-state index in [-0.39, 0.29) is 10.8 Å². The lowest BCUT2D eigenvalue weighted by molar-refractivity contribution is -0.124. The molecule has 0 aliphatic carbocycles. The first-order chi connectivity index (χ1) is 13.9. The number of sulfonamides is 1. The number of unbranched alkanes of at least 4 members (excludes halogenated alkanes) is 1. The van der Waals surface area contributed by atoms with E-state index in [9.17, 15) is 13.2 Å². The van der Waals surface area contributed by atoms with E-state index in [4.69, 9.17) is 0 Å². The molecule has 1 aromatic rings. The molecule has 2 heterocycles. The van der Waals surface area contributed by atoms with E-state index in [1.54, 1.807) is 24.3 Å². The number of aryl methyl sites for hydroxylation is 1. The number of benzene rings is 1. The van der Waals surface area contributed by atoms with Crippen LogP contribution in [0, 0.1) is 6.92 Å². The number of hydrogen-bond acceptors (Lipinski definition) is 5. The van der Waals surface area contributed by atoms with Crippen molar-refractivity contribution in [2.45, 2.75) is 43.5 Å². The van der Waals surface area contributed by atoms with Gasteiger partial charge >= 0.3 is 0 Å². The summed E-state index contributed by atoms with van der Waals surface area (Å²) in [5, 5.41) is 2.96. The molecule has 0 unspecified atom stereocenters. The number of nitrogens with zero attached hydrogens (tertiary/aromatic N) is 3. The van der Waals surface area contributed by atoms with E-state index in [2.05, 4.69) is 22.2 Å². The highest BCUT2D eigenvalue weighted by Gasteiger charge is 2.39. The normalized spacial score (nSPS) is 22.1. The Morgan fingerprint density at radius 2 is 1.76 bits per heavy atom. The van der Waals surface area contributed by atoms with Crippen LogP contribution in [0.4, 0.5) is 0 Å². The third-order valence-corrected chi connectivity index (χ3v) is 7.85. The summed E-state index contributed by atoms with van der Waals surface area (Å²) < 4.78 is 27.3. The van der Waals surface area contributed by atoms with Crippen molar-refractivity contribution in [3.05, 3.63) is 29.8 Å². The Balaban J connectivity index is 1.45. The molecule has 0 aromatic heterocycles. The van der Waals surface area contributed by atoms with Gasteiger partial charge in [-0.1, -0.05) is 17.7 Å². The average molecular weight is 423 g/mol. The molecule has 0 bridgehead atoms. The van der Waals surface area contributed by atoms with Crippen LogP contribution in [0.3, 0.4) is 0 Å². The van der Waals surface area contributed by atoms with Gasteiger partial charge in [-0.25, -0.2) is 8.42 Å². The maximum atomic E-state index is 13.0. The van der Waals surface area contributed by atoms with Crippen molar-refractivity contribution in [3.8, 4) is 0 Å². The number of carbonyl (C=O) groups is 1. The van der Waals surface area contributed by atoms with Crippen LogP contribution < -0.4 is 5.32 Å². The second-order valence-electron chi connectivity index (χ2n) is 8.23. The average Bonchev–Trinajstić information content (AvgIpc) is 3.20. The number of hydrogen-bond donors (Lipinski definition) is 1. The highest BCUT2D eigenvalue weighted by atomic mass is 32.2. The molecular formula is C21H34N4O3S. The molecule has 2 aliphatic rings. The van der Waals surface area contributed by atoms with Crippen LogP contribution in [0.1, 0.15) is 31.2 Å². The maximum absolute atomic E-state index is 13.0. The van der Waals surface area contributed by atoms with E-state index in [0.29, 0.717) is 25.9 Å². The van der Waals surface area contributed by atoms with Crippen LogP contribution in [0.25, 0.3) is 0 Å². The van der Waals surface area contributed by atoms with Crippen LogP contribution in [0.15, 0.2) is 29.2 Å². The number of carbonyl (C=O) groups excluding carboxylic acids is 1. The molecule has 8 heteroatoms. The van der Waals surface area contributed by atoms with Gasteiger partial charge < -0.3 is 15.1 Å². The predicted molar refractivity (Wildman–Crippen MR) is 114 cm³/mol. The third-order valence-electron chi connectivity index (χ3n) is 5.93. The Morgan fingerprint density at radius 1 is 1.07 bits per heavy atom. The van der Waals surface area contributed by atoms with Crippen molar-refractivity contribution in [2.24, 2.45) is 0 Å². The maximum Gasteiger partial charge on any atom is 0.243 e. The zero-order chi connectivity index (χ0) is 20.9. The third kappa shape index (κ3) is 5.78. The van der Waals surface area contributed by atoms with Crippen molar-refractivity contribution in [1.29, 1.82) is 0 Å². The Morgan fingerprint density at radius 3 is 2.45 bits per heavy atom. The Kier molecular flexibility index (Phi) is 7.67. The van der Waals surface area contributed by atoms with Crippen molar-refractivity contribution < 1.29 is 13.2 Å². The Bertz CT molecular complexity index is 774. The summed E-state index contributed by atoms with van der Waals surface area (Å²) in [5.41, 5.74) is 1.01. The number of amides is 1. The SMILES string of the molecule is Cc1ccc(S(=O)(=O)N2CCC[C@H]2C(=O)NCCCCN2CCN(C)CC2)cc1. The molecule has 3 rings (SSSR count). The van der Waals surface area contributed by atoms with Crippen LogP contribution in [0.5, 0.6) is 0 Å². The summed E-state index contributed by atoms with van der Waals surface area (Å²) in [6, 6.07) is 6.22. The molecule has 0 radical (unpaired) electrons. The van der Waals surface area contributed by atoms with Crippen molar-refractivity contribution >= 4 is 15.9 Å². The van der Waals surface area contributed by atoms with E-state index < -0.39 is 16.1 Å². The highest BCUT2D eigenvalue weighted by Crippen LogP contribution is 2.26. The van der Waals surface area contributed by atoms with E-state index in [0.717, 1.165) is 51.1 Å². The van der Waals surface area contributed by atoms with Crippen LogP contribution >= 0.6 is 0 Å². The zero-order valence-electron chi connectivity index (χ0n) is 17.6. The van der Waals surface area contributed by atoms with E-state index >= 15 is 0 Å². The van der Waals surface area contributed by atoms with Gasteiger partial charge in [0, 0.05) is 39.3 Å². The summed E-state index contributed by atoms with van der Waals surface area (Å²) in [6.07, 6.45) is 3.25. The summed E-state index contributed by atoms with van der Waals surface area (Å²) in [4.78, 5) is 17.7. The van der Waals surface area contributed by atoms with Crippen LogP contribution in [-0.2, 0) is 14.8 Å². The summed E-state index contributed by atoms with van der Waals surface area (Å²) in [6.45, 7) is 8.42. The minimum absolute atomic E-state index is 0.169. The van der Waals surface area contributed by atoms with Crippen LogP contribution in [-0.4, -0.2) is 87.3 Å². The molecular weight excluding hydrogens is 388 g/mol. The van der Waals surface area contributed by atoms with Gasteiger partial charge in [-0.3, -0.25) is 4.79 Å². The zero-order valence-corrected chi connectivity index (χ0v) is 18.5. The van der Waals surface area contributed by atoms with Crippen molar-refractivity contribution in [3.63, 3.8) is 0 Å². The van der Waals surface area contributed by atoms with Gasteiger partial charge in [0.05, 0.1) is 4.90 Å². The summed E-state index contributed by atoms with van der Waals surface area (Å²) >= 11 is 0. The molecule has 7 nitrogen and oxygen atoms in total. The first-order valence-corrected chi connectivity index (χ1v) is 12.1. The lowest BCUT2D eigenvalue weighted by atomic mass is 10.2. The number of piperazine rings is 1. The molecule has 2 fully saturated rings. The molecule has 1 atom stereocenters. The first kappa shape index (κ1) is 22.2. The minimum atomic E-state index is -3.64. The fraction of sp³-hybridized carbons (Fsp3) is 0.667. The topological polar surface area (TPSA) is 73.0 Å². The fourth-order valence-electron chi connectivity index (χ4n) is 4.00. The monoisotopic (exact) mass is 422 g/mol. The quantitative estimate of drug-likeness (QED) is 0.639. The second kappa shape index (κ2) is 10.0. The lowest BCUT2D eigenvalue weighted by Gasteiger charge is -2.32. The minimum Gasteiger partial charge on any atom is -0.355 e. The van der Waals surface area contributed by atoms with Gasteiger partial charge in [0.2, 0.25) is 15.9 Å². The van der Waals surface area contributed by atoms with Gasteiger partial charge in [0.25, 0.3) is 0 Å². The fourth-order valence-corrected chi connectivity index (χ4v) is 5.65. The van der Waals surface area contributed by atoms with E-state index in [1.807, 2.05) is 6.92 Å². The number of likely N-dealkylation sites (N-methyl/N-ethyl adjacent to an activating group) is 1. The molecule has 1 amide bonds. The van der Waals surface area contributed by atoms with Gasteiger partial charge in [0.1, 0.15) is 6.04 Å². The summed E-state index contributed by atoms with van der Waals surface area (Å²) in [5.74, 6) is -0.169. The molecule has 29 heavy (non-hydrogen) atoms. The van der Waals surface area contributed by atoms with Crippen molar-refractivity contribution in [1.82, 2.24) is 19.4 Å². The largest absolute Gasteiger partial charge is 0.355 e. The number of rotatable bonds is 8. The standard InChI is InChI=1S/C21H34N4O3S/c1-18-7-9-19(10-8-18)29(27,28)25-13-5-6-20(25)21(26)22-11-3-4-12-24-16-14-23(2)15-17-24/h7-10,20H,3-6,11-17H2,1-2H3,(H,22,26)/t20-/m0/s1. The van der Waals surface area contributed by atoms with Crippen LogP contribution in [0.2, 0.25) is 0 Å². The molecule has 0 saturated carbocycles. The molecule has 1 N–H and O–H groups in total. The Hall–Kier alpha value is -1.48. The summed E-state index contributed by atoms with van der Waals surface area (Å²) in [7, 11) is -1.49. The highest BCUT2D eigenvalue weighted by molar-refractivity contribution is 7.89. The van der Waals surface area contributed by atoms with Gasteiger partial charge in [-0.2, -0.15) is 4.31 Å². The molecule has 0 spiro atoms. The molecule has 1 aromatic carbocycles. The molecule has 2 saturated heterocycles. The Labute approximate surface area is 175 Å². The van der Waals surface area contributed by atoms with Gasteiger partial charge in [-0.05, 0) is 58.3 Å². The predicted octanol–water partition coefficient (Wildman–Crippen LogP) is 1.29. The molecule has 162 valence electrons. The number of nitrogens with one attached hydrogen (secondary N) is 1. The lowest BCUT2D eigenvalue weighted by Crippen LogP contribution is -2.46. The first-order valence-electron chi connectivity index (χ1n) is 10.6.